The van der Waals surface area contributed by atoms with Gasteiger partial charge in [-0.25, -0.2) is 9.97 Å². The predicted octanol–water partition coefficient (Wildman–Crippen LogP) is 2.32. The van der Waals surface area contributed by atoms with Crippen molar-refractivity contribution in [2.45, 2.75) is 39.7 Å². The van der Waals surface area contributed by atoms with E-state index in [0.29, 0.717) is 5.92 Å². The Morgan fingerprint density at radius 1 is 1.50 bits per heavy atom. The number of hydrogen-bond donors (Lipinski definition) is 1. The molecule has 1 atom stereocenters. The van der Waals surface area contributed by atoms with E-state index in [-0.39, 0.29) is 11.9 Å². The highest BCUT2D eigenvalue weighted by Crippen LogP contribution is 2.39. The number of rotatable bonds is 4. The molecule has 0 bridgehead atoms. The summed E-state index contributed by atoms with van der Waals surface area (Å²) in [5, 5.41) is 3.01. The second-order valence-electron chi connectivity index (χ2n) is 5.10. The van der Waals surface area contributed by atoms with Crippen LogP contribution in [-0.4, -0.2) is 15.9 Å². The van der Waals surface area contributed by atoms with Gasteiger partial charge in [0, 0.05) is 18.0 Å². The molecule has 96 valence electrons. The molecule has 0 spiro atoms. The van der Waals surface area contributed by atoms with Crippen molar-refractivity contribution in [1.82, 2.24) is 15.3 Å². The molecule has 1 amide bonds. The zero-order valence-electron chi connectivity index (χ0n) is 11.1. The molecule has 0 aromatic carbocycles. The third-order valence-electron chi connectivity index (χ3n) is 2.90. The molecule has 1 aromatic rings. The minimum Gasteiger partial charge on any atom is -0.342 e. The van der Waals surface area contributed by atoms with Crippen LogP contribution in [0.25, 0.3) is 0 Å². The van der Waals surface area contributed by atoms with Gasteiger partial charge in [-0.1, -0.05) is 5.57 Å². The van der Waals surface area contributed by atoms with Crippen LogP contribution in [0.5, 0.6) is 0 Å². The van der Waals surface area contributed by atoms with E-state index in [2.05, 4.69) is 15.3 Å². The average molecular weight is 245 g/mol. The van der Waals surface area contributed by atoms with Crippen LogP contribution in [0.3, 0.4) is 0 Å². The Bertz CT molecular complexity index is 474. The lowest BCUT2D eigenvalue weighted by Crippen LogP contribution is -2.30. The number of nitrogens with one attached hydrogen (secondary N) is 1. The van der Waals surface area contributed by atoms with Crippen LogP contribution in [0.2, 0.25) is 0 Å². The molecule has 0 radical (unpaired) electrons. The van der Waals surface area contributed by atoms with Gasteiger partial charge in [-0.3, -0.25) is 4.79 Å². The van der Waals surface area contributed by atoms with Crippen LogP contribution >= 0.6 is 0 Å². The zero-order valence-corrected chi connectivity index (χ0v) is 11.1. The van der Waals surface area contributed by atoms with Crippen molar-refractivity contribution < 1.29 is 4.79 Å². The minimum absolute atomic E-state index is 0.0481. The molecule has 0 unspecified atom stereocenters. The monoisotopic (exact) mass is 245 g/mol. The number of carbonyl (C=O) groups is 1. The molecule has 18 heavy (non-hydrogen) atoms. The van der Waals surface area contributed by atoms with Gasteiger partial charge in [-0.15, -0.1) is 0 Å². The molecule has 1 fully saturated rings. The van der Waals surface area contributed by atoms with E-state index in [0.717, 1.165) is 29.9 Å². The quantitative estimate of drug-likeness (QED) is 0.828. The molecule has 1 aliphatic carbocycles. The standard InChI is InChI=1S/C14H19N3O/c1-9(2)8-12(18)17-13(11-4-5-11)14-15-7-6-10(3)16-14/h6-8,11,13H,4-5H2,1-3H3,(H,17,18)/t13-/m1/s1. The lowest BCUT2D eigenvalue weighted by Gasteiger charge is -2.16. The van der Waals surface area contributed by atoms with E-state index in [9.17, 15) is 4.79 Å². The summed E-state index contributed by atoms with van der Waals surface area (Å²) >= 11 is 0. The summed E-state index contributed by atoms with van der Waals surface area (Å²) < 4.78 is 0. The van der Waals surface area contributed by atoms with Gasteiger partial charge in [-0.05, 0) is 45.6 Å². The number of carbonyl (C=O) groups excluding carboxylic acids is 1. The van der Waals surface area contributed by atoms with Crippen molar-refractivity contribution in [2.24, 2.45) is 5.92 Å². The molecule has 1 heterocycles. The van der Waals surface area contributed by atoms with Crippen molar-refractivity contribution in [1.29, 1.82) is 0 Å². The first-order valence-corrected chi connectivity index (χ1v) is 6.31. The lowest BCUT2D eigenvalue weighted by molar-refractivity contribution is -0.117. The van der Waals surface area contributed by atoms with E-state index in [1.807, 2.05) is 26.8 Å². The largest absolute Gasteiger partial charge is 0.342 e. The maximum atomic E-state index is 11.8. The first kappa shape index (κ1) is 12.7. The molecule has 1 aromatic heterocycles. The summed E-state index contributed by atoms with van der Waals surface area (Å²) in [6.07, 6.45) is 5.64. The Balaban J connectivity index is 2.14. The number of aromatic nitrogens is 2. The van der Waals surface area contributed by atoms with Crippen molar-refractivity contribution in [3.05, 3.63) is 35.4 Å². The average Bonchev–Trinajstić information content (AvgIpc) is 3.08. The van der Waals surface area contributed by atoms with Crippen LogP contribution in [0.4, 0.5) is 0 Å². The van der Waals surface area contributed by atoms with E-state index < -0.39 is 0 Å². The van der Waals surface area contributed by atoms with E-state index in [1.165, 1.54) is 0 Å². The molecular formula is C14H19N3O. The predicted molar refractivity (Wildman–Crippen MR) is 69.8 cm³/mol. The minimum atomic E-state index is -0.0583. The van der Waals surface area contributed by atoms with E-state index in [4.69, 9.17) is 0 Å². The van der Waals surface area contributed by atoms with Gasteiger partial charge in [0.2, 0.25) is 5.91 Å². The zero-order chi connectivity index (χ0) is 13.1. The van der Waals surface area contributed by atoms with Crippen LogP contribution in [0.1, 0.15) is 44.2 Å². The Hall–Kier alpha value is -1.71. The fourth-order valence-corrected chi connectivity index (χ4v) is 1.90. The maximum absolute atomic E-state index is 11.8. The van der Waals surface area contributed by atoms with Gasteiger partial charge in [0.15, 0.2) is 5.82 Å². The van der Waals surface area contributed by atoms with Crippen molar-refractivity contribution in [2.75, 3.05) is 0 Å². The Morgan fingerprint density at radius 3 is 2.78 bits per heavy atom. The molecule has 4 heteroatoms. The number of aryl methyl sites for hydroxylation is 1. The maximum Gasteiger partial charge on any atom is 0.244 e. The first-order valence-electron chi connectivity index (χ1n) is 6.31. The molecule has 0 aliphatic heterocycles. The molecule has 0 saturated heterocycles. The van der Waals surface area contributed by atoms with Gasteiger partial charge >= 0.3 is 0 Å². The fourth-order valence-electron chi connectivity index (χ4n) is 1.90. The second-order valence-corrected chi connectivity index (χ2v) is 5.10. The van der Waals surface area contributed by atoms with Crippen LogP contribution < -0.4 is 5.32 Å². The van der Waals surface area contributed by atoms with Crippen molar-refractivity contribution >= 4 is 5.91 Å². The Kier molecular flexibility index (Phi) is 3.75. The van der Waals surface area contributed by atoms with Gasteiger partial charge in [0.05, 0.1) is 6.04 Å². The third kappa shape index (κ3) is 3.39. The smallest absolute Gasteiger partial charge is 0.244 e. The van der Waals surface area contributed by atoms with Crippen molar-refractivity contribution in [3.8, 4) is 0 Å². The van der Waals surface area contributed by atoms with E-state index in [1.54, 1.807) is 12.3 Å². The number of allylic oxidation sites excluding steroid dienone is 1. The highest BCUT2D eigenvalue weighted by molar-refractivity contribution is 5.88. The molecular weight excluding hydrogens is 226 g/mol. The topological polar surface area (TPSA) is 54.9 Å². The van der Waals surface area contributed by atoms with Gasteiger partial charge in [0.25, 0.3) is 0 Å². The lowest BCUT2D eigenvalue weighted by atomic mass is 10.1. The van der Waals surface area contributed by atoms with Gasteiger partial charge in [-0.2, -0.15) is 0 Å². The number of hydrogen-bond acceptors (Lipinski definition) is 3. The molecule has 4 nitrogen and oxygen atoms in total. The van der Waals surface area contributed by atoms with Crippen LogP contribution in [-0.2, 0) is 4.79 Å². The highest BCUT2D eigenvalue weighted by atomic mass is 16.1. The molecule has 1 aliphatic rings. The van der Waals surface area contributed by atoms with E-state index >= 15 is 0 Å². The summed E-state index contributed by atoms with van der Waals surface area (Å²) in [6, 6.07) is 1.82. The molecule has 1 saturated carbocycles. The summed E-state index contributed by atoms with van der Waals surface area (Å²) in [5.74, 6) is 1.16. The summed E-state index contributed by atoms with van der Waals surface area (Å²) in [6.45, 7) is 5.76. The Labute approximate surface area is 108 Å². The summed E-state index contributed by atoms with van der Waals surface area (Å²) in [4.78, 5) is 20.5. The SMILES string of the molecule is CC(C)=CC(=O)N[C@@H](c1nccc(C)n1)C1CC1. The molecule has 1 N–H and O–H groups in total. The number of nitrogens with zero attached hydrogens (tertiary/aromatic N) is 2. The fraction of sp³-hybridized carbons (Fsp3) is 0.500. The van der Waals surface area contributed by atoms with Gasteiger partial charge in [0.1, 0.15) is 0 Å². The normalized spacial score (nSPS) is 15.9. The summed E-state index contributed by atoms with van der Waals surface area (Å²) in [5.41, 5.74) is 1.93. The van der Waals surface area contributed by atoms with Crippen LogP contribution in [0, 0.1) is 12.8 Å². The van der Waals surface area contributed by atoms with Crippen molar-refractivity contribution in [3.63, 3.8) is 0 Å². The Morgan fingerprint density at radius 2 is 2.22 bits per heavy atom. The highest BCUT2D eigenvalue weighted by Gasteiger charge is 2.34. The number of amides is 1. The first-order chi connectivity index (χ1) is 8.56. The molecule has 2 rings (SSSR count). The second kappa shape index (κ2) is 5.29. The van der Waals surface area contributed by atoms with Gasteiger partial charge < -0.3 is 5.32 Å². The summed E-state index contributed by atoms with van der Waals surface area (Å²) in [7, 11) is 0. The van der Waals surface area contributed by atoms with Crippen LogP contribution in [0.15, 0.2) is 23.9 Å². The third-order valence-corrected chi connectivity index (χ3v) is 2.90.